The minimum absolute atomic E-state index is 0.0873. The van der Waals surface area contributed by atoms with Gasteiger partial charge in [0, 0.05) is 5.41 Å². The highest BCUT2D eigenvalue weighted by atomic mass is 32.2. The van der Waals surface area contributed by atoms with Crippen LogP contribution < -0.4 is 9.32 Å². The van der Waals surface area contributed by atoms with Gasteiger partial charge in [-0.1, -0.05) is 49.4 Å². The van der Waals surface area contributed by atoms with Gasteiger partial charge in [-0.2, -0.15) is 13.6 Å². The van der Waals surface area contributed by atoms with E-state index in [1.807, 2.05) is 30.3 Å². The van der Waals surface area contributed by atoms with E-state index in [9.17, 15) is 13.5 Å². The third-order valence-corrected chi connectivity index (χ3v) is 8.36. The highest BCUT2D eigenvalue weighted by molar-refractivity contribution is 7.84. The van der Waals surface area contributed by atoms with E-state index in [-0.39, 0.29) is 11.2 Å². The van der Waals surface area contributed by atoms with E-state index in [2.05, 4.69) is 25.1 Å². The van der Waals surface area contributed by atoms with Gasteiger partial charge in [0.15, 0.2) is 0 Å². The van der Waals surface area contributed by atoms with Crippen molar-refractivity contribution in [3.63, 3.8) is 0 Å². The second kappa shape index (κ2) is 7.47. The number of benzene rings is 2. The van der Waals surface area contributed by atoms with Gasteiger partial charge in [0.25, 0.3) is 0 Å². The highest BCUT2D eigenvalue weighted by Gasteiger charge is 2.56. The maximum absolute atomic E-state index is 11.3. The van der Waals surface area contributed by atoms with Gasteiger partial charge in [0.05, 0.1) is 6.10 Å². The Morgan fingerprint density at radius 1 is 1.16 bits per heavy atom. The molecule has 0 heterocycles. The zero-order chi connectivity index (χ0) is 21.8. The summed E-state index contributed by atoms with van der Waals surface area (Å²) in [6, 6.07) is 15.8. The summed E-state index contributed by atoms with van der Waals surface area (Å²) in [5.41, 5.74) is 4.67. The van der Waals surface area contributed by atoms with Crippen molar-refractivity contribution in [2.75, 3.05) is 0 Å². The quantitative estimate of drug-likeness (QED) is 0.751. The number of hydrogen-bond donors (Lipinski definition) is 2. The molecule has 0 bridgehead atoms. The standard InChI is InChI=1S/C25H29NO4S/c1-25-12-11-21-20-10-8-19(30-31(26,28)29)14-17(20)7-9-22(21)23(25)15-18(24(25)27)13-16-5-3-2-4-6-16/h2-6,8,10,13-14,21-24,27H,7,9,11-12,15H2,1H3,(H2,26,28,29)/t21?,22?,23?,24-,25-/m0/s1. The summed E-state index contributed by atoms with van der Waals surface area (Å²) in [6.07, 6.45) is 6.68. The molecule has 0 saturated heterocycles. The van der Waals surface area contributed by atoms with Crippen LogP contribution in [0.1, 0.15) is 55.2 Å². The van der Waals surface area contributed by atoms with Gasteiger partial charge in [-0.3, -0.25) is 0 Å². The molecule has 0 radical (unpaired) electrons. The summed E-state index contributed by atoms with van der Waals surface area (Å²) in [4.78, 5) is 0. The third kappa shape index (κ3) is 3.71. The molecule has 6 heteroatoms. The van der Waals surface area contributed by atoms with Crippen LogP contribution in [-0.4, -0.2) is 19.6 Å². The van der Waals surface area contributed by atoms with Crippen LogP contribution in [0.15, 0.2) is 54.1 Å². The minimum atomic E-state index is -4.02. The molecule has 2 fully saturated rings. The molecule has 5 nitrogen and oxygen atoms in total. The Bertz CT molecular complexity index is 1130. The number of rotatable bonds is 3. The minimum Gasteiger partial charge on any atom is -0.388 e. The van der Waals surface area contributed by atoms with Gasteiger partial charge in [-0.25, -0.2) is 0 Å². The molecule has 0 amide bonds. The van der Waals surface area contributed by atoms with Crippen LogP contribution in [-0.2, 0) is 16.7 Å². The summed E-state index contributed by atoms with van der Waals surface area (Å²) in [6.45, 7) is 2.27. The average molecular weight is 440 g/mol. The summed E-state index contributed by atoms with van der Waals surface area (Å²) in [5, 5.41) is 16.3. The number of aliphatic hydroxyl groups excluding tert-OH is 1. The van der Waals surface area contributed by atoms with E-state index in [0.717, 1.165) is 48.8 Å². The Balaban J connectivity index is 1.43. The summed E-state index contributed by atoms with van der Waals surface area (Å²) in [7, 11) is -4.02. The molecule has 0 spiro atoms. The van der Waals surface area contributed by atoms with E-state index in [1.165, 1.54) is 5.56 Å². The topological polar surface area (TPSA) is 89.6 Å². The maximum Gasteiger partial charge on any atom is 0.380 e. The van der Waals surface area contributed by atoms with Crippen LogP contribution in [0.3, 0.4) is 0 Å². The molecule has 2 aromatic rings. The van der Waals surface area contributed by atoms with Crippen LogP contribution >= 0.6 is 0 Å². The Hall–Kier alpha value is -2.15. The third-order valence-electron chi connectivity index (χ3n) is 7.93. The van der Waals surface area contributed by atoms with Crippen LogP contribution in [0.25, 0.3) is 6.08 Å². The fourth-order valence-corrected chi connectivity index (χ4v) is 6.88. The van der Waals surface area contributed by atoms with Gasteiger partial charge in [0.1, 0.15) is 5.75 Å². The number of aryl methyl sites for hydroxylation is 1. The van der Waals surface area contributed by atoms with E-state index < -0.39 is 16.4 Å². The van der Waals surface area contributed by atoms with Gasteiger partial charge in [0.2, 0.25) is 0 Å². The SMILES string of the molecule is C[C@]12CCC3c4ccc(OS(N)(=O)=O)cc4CCC3C1CC(=Cc1ccccc1)[C@@H]2O. The summed E-state index contributed by atoms with van der Waals surface area (Å²) < 4.78 is 27.4. The largest absolute Gasteiger partial charge is 0.388 e. The van der Waals surface area contributed by atoms with Crippen LogP contribution in [0.2, 0.25) is 0 Å². The van der Waals surface area contributed by atoms with E-state index in [0.29, 0.717) is 17.8 Å². The van der Waals surface area contributed by atoms with Crippen molar-refractivity contribution in [1.82, 2.24) is 0 Å². The molecule has 3 N–H and O–H groups in total. The lowest BCUT2D eigenvalue weighted by Crippen LogP contribution is -2.44. The number of nitrogens with two attached hydrogens (primary N) is 1. The van der Waals surface area contributed by atoms with Crippen LogP contribution in [0, 0.1) is 17.3 Å². The number of hydrogen-bond acceptors (Lipinski definition) is 4. The Morgan fingerprint density at radius 3 is 2.68 bits per heavy atom. The Labute approximate surface area is 184 Å². The summed E-state index contributed by atoms with van der Waals surface area (Å²) >= 11 is 0. The molecule has 2 saturated carbocycles. The van der Waals surface area contributed by atoms with Crippen LogP contribution in [0.5, 0.6) is 5.75 Å². The molecule has 3 unspecified atom stereocenters. The van der Waals surface area contributed by atoms with Crippen molar-refractivity contribution in [2.24, 2.45) is 22.4 Å². The van der Waals surface area contributed by atoms with Gasteiger partial charge in [-0.05, 0) is 84.3 Å². The molecule has 0 aromatic heterocycles. The van der Waals surface area contributed by atoms with E-state index in [1.54, 1.807) is 6.07 Å². The molecule has 3 aliphatic carbocycles. The molecule has 0 aliphatic heterocycles. The molecular weight excluding hydrogens is 410 g/mol. The monoisotopic (exact) mass is 439 g/mol. The molecule has 2 aromatic carbocycles. The number of aliphatic hydroxyl groups is 1. The molecule has 164 valence electrons. The molecule has 3 aliphatic rings. The predicted octanol–water partition coefficient (Wildman–Crippen LogP) is 4.18. The predicted molar refractivity (Wildman–Crippen MR) is 121 cm³/mol. The maximum atomic E-state index is 11.3. The lowest BCUT2D eigenvalue weighted by molar-refractivity contribution is -0.0158. The van der Waals surface area contributed by atoms with Crippen molar-refractivity contribution in [1.29, 1.82) is 0 Å². The Kier molecular flexibility index (Phi) is 5.00. The second-order valence-corrected chi connectivity index (χ2v) is 10.8. The average Bonchev–Trinajstić information content (AvgIpc) is 2.98. The zero-order valence-electron chi connectivity index (χ0n) is 17.7. The molecule has 31 heavy (non-hydrogen) atoms. The molecule has 5 rings (SSSR count). The van der Waals surface area contributed by atoms with Gasteiger partial charge >= 0.3 is 10.3 Å². The lowest BCUT2D eigenvalue weighted by Gasteiger charge is -2.49. The lowest BCUT2D eigenvalue weighted by atomic mass is 9.55. The first-order valence-electron chi connectivity index (χ1n) is 11.0. The van der Waals surface area contributed by atoms with Crippen molar-refractivity contribution in [3.05, 3.63) is 70.8 Å². The van der Waals surface area contributed by atoms with Crippen molar-refractivity contribution in [3.8, 4) is 5.75 Å². The van der Waals surface area contributed by atoms with Crippen molar-refractivity contribution in [2.45, 2.75) is 51.0 Å². The molecule has 5 atom stereocenters. The Morgan fingerprint density at radius 2 is 1.94 bits per heavy atom. The number of fused-ring (bicyclic) bond motifs is 5. The molecular formula is C25H29NO4S. The van der Waals surface area contributed by atoms with Crippen LogP contribution in [0.4, 0.5) is 0 Å². The van der Waals surface area contributed by atoms with Gasteiger partial charge in [-0.15, -0.1) is 0 Å². The van der Waals surface area contributed by atoms with Gasteiger partial charge < -0.3 is 9.29 Å². The fourth-order valence-electron chi connectivity index (χ4n) is 6.51. The zero-order valence-corrected chi connectivity index (χ0v) is 18.5. The van der Waals surface area contributed by atoms with E-state index in [4.69, 9.17) is 9.32 Å². The first kappa shape index (κ1) is 20.7. The van der Waals surface area contributed by atoms with E-state index >= 15 is 0 Å². The van der Waals surface area contributed by atoms with Crippen molar-refractivity contribution < 1.29 is 17.7 Å². The summed E-state index contributed by atoms with van der Waals surface area (Å²) in [5.74, 6) is 1.69. The first-order chi connectivity index (χ1) is 14.7. The van der Waals surface area contributed by atoms with Crippen molar-refractivity contribution >= 4 is 16.4 Å². The fraction of sp³-hybridized carbons (Fsp3) is 0.440. The first-order valence-corrected chi connectivity index (χ1v) is 12.5. The second-order valence-electron chi connectivity index (χ2n) is 9.63. The smallest absolute Gasteiger partial charge is 0.380 e. The normalized spacial score (nSPS) is 33.5. The highest BCUT2D eigenvalue weighted by Crippen LogP contribution is 2.62.